The molecule has 4 aromatic rings. The average Bonchev–Trinajstić information content (AvgIpc) is 3.05. The van der Waals surface area contributed by atoms with Crippen molar-refractivity contribution in [2.24, 2.45) is 0 Å². The lowest BCUT2D eigenvalue weighted by Gasteiger charge is -2.32. The van der Waals surface area contributed by atoms with Crippen LogP contribution in [-0.2, 0) is 12.1 Å². The van der Waals surface area contributed by atoms with Crippen LogP contribution >= 0.6 is 0 Å². The summed E-state index contributed by atoms with van der Waals surface area (Å²) in [7, 11) is 0. The van der Waals surface area contributed by atoms with Crippen molar-refractivity contribution in [1.82, 2.24) is 4.52 Å². The molecule has 0 fully saturated rings. The molecule has 2 aromatic carbocycles. The highest BCUT2D eigenvalue weighted by Crippen LogP contribution is 2.37. The number of nitrogens with one attached hydrogen (secondary N) is 1. The van der Waals surface area contributed by atoms with Crippen LogP contribution in [0.25, 0.3) is 27.3 Å². The molecule has 1 aliphatic heterocycles. The normalized spacial score (nSPS) is 15.0. The Morgan fingerprint density at radius 1 is 1.00 bits per heavy atom. The Bertz CT molecular complexity index is 1210. The summed E-state index contributed by atoms with van der Waals surface area (Å²) in [5.74, 6) is 0. The molecule has 0 atom stereocenters. The molecule has 2 aromatic heterocycles. The van der Waals surface area contributed by atoms with Gasteiger partial charge in [0.05, 0.1) is 11.1 Å². The van der Waals surface area contributed by atoms with Crippen LogP contribution < -0.4 is 10.00 Å². The van der Waals surface area contributed by atoms with E-state index in [-0.39, 0.29) is 5.66 Å². The standard InChI is InChI=1S/C25H30N3/c1-5-8-9-18-10-12-23-20(16-18)22-13-11-19-14-17(4)15-21-24(19)27(22)28(23)25(6-2,7-3)26-21/h10-16,26H,5-9H2,1-4H3/q+1. The number of aromatic nitrogens is 2. The van der Waals surface area contributed by atoms with Crippen molar-refractivity contribution < 1.29 is 4.68 Å². The van der Waals surface area contributed by atoms with E-state index in [9.17, 15) is 0 Å². The molecule has 3 nitrogen and oxygen atoms in total. The highest BCUT2D eigenvalue weighted by Gasteiger charge is 2.45. The molecule has 144 valence electrons. The van der Waals surface area contributed by atoms with Gasteiger partial charge in [0, 0.05) is 24.3 Å². The van der Waals surface area contributed by atoms with Crippen molar-refractivity contribution in [3.63, 3.8) is 0 Å². The zero-order valence-corrected chi connectivity index (χ0v) is 17.5. The van der Waals surface area contributed by atoms with Crippen molar-refractivity contribution in [1.29, 1.82) is 0 Å². The van der Waals surface area contributed by atoms with Gasteiger partial charge in [0.25, 0.3) is 5.66 Å². The van der Waals surface area contributed by atoms with Crippen LogP contribution in [0.1, 0.15) is 57.6 Å². The molecule has 1 N–H and O–H groups in total. The number of hydrogen-bond donors (Lipinski definition) is 1. The molecule has 28 heavy (non-hydrogen) atoms. The van der Waals surface area contributed by atoms with Gasteiger partial charge >= 0.3 is 0 Å². The monoisotopic (exact) mass is 372 g/mol. The van der Waals surface area contributed by atoms with Gasteiger partial charge in [-0.3, -0.25) is 0 Å². The number of aryl methyl sites for hydroxylation is 2. The molecule has 0 amide bonds. The van der Waals surface area contributed by atoms with Gasteiger partial charge in [-0.1, -0.05) is 44.0 Å². The van der Waals surface area contributed by atoms with E-state index in [1.54, 1.807) is 0 Å². The highest BCUT2D eigenvalue weighted by molar-refractivity contribution is 6.00. The Balaban J connectivity index is 1.95. The van der Waals surface area contributed by atoms with Gasteiger partial charge < -0.3 is 5.32 Å². The number of anilines is 1. The largest absolute Gasteiger partial charge is 0.321 e. The predicted molar refractivity (Wildman–Crippen MR) is 118 cm³/mol. The number of pyridine rings is 1. The summed E-state index contributed by atoms with van der Waals surface area (Å²) in [4.78, 5) is 0. The van der Waals surface area contributed by atoms with Crippen LogP contribution in [0.4, 0.5) is 5.69 Å². The van der Waals surface area contributed by atoms with Crippen molar-refractivity contribution in [2.45, 2.75) is 65.5 Å². The minimum Gasteiger partial charge on any atom is -0.321 e. The Kier molecular flexibility index (Phi) is 3.90. The van der Waals surface area contributed by atoms with E-state index >= 15 is 0 Å². The minimum absolute atomic E-state index is 0.106. The molecular formula is C25H30N3+. The van der Waals surface area contributed by atoms with Crippen LogP contribution in [0.5, 0.6) is 0 Å². The third-order valence-corrected chi connectivity index (χ3v) is 6.67. The molecule has 0 unspecified atom stereocenters. The first-order valence-corrected chi connectivity index (χ1v) is 10.8. The zero-order chi connectivity index (χ0) is 19.5. The SMILES string of the molecule is CCCCc1ccc2c(c1)c1ccc3cc(C)cc4c3n1[n+]2C(CC)(CC)N4. The topological polar surface area (TPSA) is 20.3 Å². The van der Waals surface area contributed by atoms with Crippen molar-refractivity contribution in [2.75, 3.05) is 5.32 Å². The Labute approximate surface area is 167 Å². The average molecular weight is 373 g/mol. The van der Waals surface area contributed by atoms with Crippen LogP contribution in [0.3, 0.4) is 0 Å². The maximum absolute atomic E-state index is 3.94. The zero-order valence-electron chi connectivity index (χ0n) is 17.5. The number of hydrogen-bond acceptors (Lipinski definition) is 1. The summed E-state index contributed by atoms with van der Waals surface area (Å²) in [5.41, 5.74) is 7.85. The van der Waals surface area contributed by atoms with E-state index in [0.29, 0.717) is 0 Å². The second kappa shape index (κ2) is 6.23. The number of unbranched alkanes of at least 4 members (excludes halogenated alkanes) is 1. The summed E-state index contributed by atoms with van der Waals surface area (Å²) < 4.78 is 5.02. The molecule has 0 bridgehead atoms. The van der Waals surface area contributed by atoms with Gasteiger partial charge in [-0.2, -0.15) is 0 Å². The fourth-order valence-electron chi connectivity index (χ4n) is 5.11. The second-order valence-corrected chi connectivity index (χ2v) is 8.41. The lowest BCUT2D eigenvalue weighted by Crippen LogP contribution is -2.65. The fourth-order valence-corrected chi connectivity index (χ4v) is 5.11. The van der Waals surface area contributed by atoms with Gasteiger partial charge in [-0.15, -0.1) is 4.52 Å². The molecule has 0 radical (unpaired) electrons. The van der Waals surface area contributed by atoms with E-state index in [1.165, 1.54) is 57.0 Å². The van der Waals surface area contributed by atoms with Gasteiger partial charge in [-0.25, -0.2) is 0 Å². The molecular weight excluding hydrogens is 342 g/mol. The molecule has 1 aliphatic rings. The summed E-state index contributed by atoms with van der Waals surface area (Å²) in [6, 6.07) is 16.3. The van der Waals surface area contributed by atoms with Gasteiger partial charge in [0.1, 0.15) is 11.0 Å². The van der Waals surface area contributed by atoms with E-state index < -0.39 is 0 Å². The number of rotatable bonds is 5. The van der Waals surface area contributed by atoms with Crippen molar-refractivity contribution >= 4 is 33.0 Å². The molecule has 0 aliphatic carbocycles. The van der Waals surface area contributed by atoms with Crippen LogP contribution in [0.15, 0.2) is 42.5 Å². The van der Waals surface area contributed by atoms with E-state index in [2.05, 4.69) is 84.7 Å². The van der Waals surface area contributed by atoms with Crippen LogP contribution in [0, 0.1) is 6.92 Å². The Morgan fingerprint density at radius 3 is 2.57 bits per heavy atom. The summed E-state index contributed by atoms with van der Waals surface area (Å²) in [5, 5.41) is 6.62. The third-order valence-electron chi connectivity index (χ3n) is 6.67. The van der Waals surface area contributed by atoms with Crippen LogP contribution in [-0.4, -0.2) is 4.52 Å². The van der Waals surface area contributed by atoms with E-state index in [1.807, 2.05) is 0 Å². The van der Waals surface area contributed by atoms with Gasteiger partial charge in [0.15, 0.2) is 0 Å². The quantitative estimate of drug-likeness (QED) is 0.421. The Morgan fingerprint density at radius 2 is 1.82 bits per heavy atom. The molecule has 0 saturated carbocycles. The molecule has 5 rings (SSSR count). The van der Waals surface area contributed by atoms with E-state index in [4.69, 9.17) is 0 Å². The molecule has 0 spiro atoms. The predicted octanol–water partition coefficient (Wildman–Crippen LogP) is 6.08. The molecule has 3 heteroatoms. The summed E-state index contributed by atoms with van der Waals surface area (Å²) in [6.07, 6.45) is 5.72. The first kappa shape index (κ1) is 17.5. The highest BCUT2D eigenvalue weighted by atomic mass is 15.5. The number of benzene rings is 2. The van der Waals surface area contributed by atoms with Gasteiger partial charge in [0.2, 0.25) is 5.52 Å². The smallest absolute Gasteiger partial charge is 0.265 e. The minimum atomic E-state index is -0.106. The number of nitrogens with zero attached hydrogens (tertiary/aromatic N) is 2. The summed E-state index contributed by atoms with van der Waals surface area (Å²) in [6.45, 7) is 9.05. The first-order valence-electron chi connectivity index (χ1n) is 10.8. The van der Waals surface area contributed by atoms with Crippen LogP contribution in [0.2, 0.25) is 0 Å². The Hall–Kier alpha value is -2.55. The third kappa shape index (κ3) is 2.25. The molecule has 3 heterocycles. The van der Waals surface area contributed by atoms with Crippen molar-refractivity contribution in [3.05, 3.63) is 53.6 Å². The number of fused-ring (bicyclic) bond motifs is 3. The summed E-state index contributed by atoms with van der Waals surface area (Å²) >= 11 is 0. The second-order valence-electron chi connectivity index (χ2n) is 8.41. The molecule has 0 saturated heterocycles. The lowest BCUT2D eigenvalue weighted by molar-refractivity contribution is -0.794. The maximum atomic E-state index is 3.94. The van der Waals surface area contributed by atoms with Crippen molar-refractivity contribution in [3.8, 4) is 0 Å². The van der Waals surface area contributed by atoms with Gasteiger partial charge in [-0.05, 0) is 55.2 Å². The lowest BCUT2D eigenvalue weighted by atomic mass is 10.00. The first-order chi connectivity index (χ1) is 13.6. The maximum Gasteiger partial charge on any atom is 0.265 e. The fraction of sp³-hybridized carbons (Fsp3) is 0.400. The van der Waals surface area contributed by atoms with E-state index in [0.717, 1.165) is 19.3 Å².